The van der Waals surface area contributed by atoms with Crippen molar-refractivity contribution < 1.29 is 8.78 Å². The van der Waals surface area contributed by atoms with Crippen LogP contribution in [-0.2, 0) is 0 Å². The second-order valence-corrected chi connectivity index (χ2v) is 7.83. The molecule has 5 heteroatoms. The number of benzene rings is 2. The fourth-order valence-electron chi connectivity index (χ4n) is 4.16. The molecule has 2 aliphatic carbocycles. The molecule has 29 heavy (non-hydrogen) atoms. The van der Waals surface area contributed by atoms with E-state index >= 15 is 0 Å². The molecule has 1 saturated carbocycles. The minimum absolute atomic E-state index is 0. The van der Waals surface area contributed by atoms with E-state index in [0.29, 0.717) is 17.3 Å². The maximum Gasteiger partial charge on any atom is 0.132 e. The van der Waals surface area contributed by atoms with Gasteiger partial charge in [-0.05, 0) is 85.9 Å². The first-order valence-electron chi connectivity index (χ1n) is 10.3. The van der Waals surface area contributed by atoms with Crippen LogP contribution in [0.5, 0.6) is 0 Å². The molecular formula is C24H31ClF2N2. The lowest BCUT2D eigenvalue weighted by atomic mass is 9.84. The van der Waals surface area contributed by atoms with Crippen LogP contribution in [0.15, 0.2) is 42.5 Å². The standard InChI is InChI=1S/C12H16FN.C12H14FN.ClH/c2*13-12-8-10(14)6-7-11(12)9-4-2-1-3-5-9;/h6-9H,1-5,14H2;4,6-8H,1-3,5,14H2;1H. The Morgan fingerprint density at radius 3 is 2.00 bits per heavy atom. The third-order valence-electron chi connectivity index (χ3n) is 5.70. The summed E-state index contributed by atoms with van der Waals surface area (Å²) >= 11 is 0. The highest BCUT2D eigenvalue weighted by atomic mass is 35.5. The number of anilines is 2. The lowest BCUT2D eigenvalue weighted by Gasteiger charge is -2.22. The van der Waals surface area contributed by atoms with E-state index < -0.39 is 0 Å². The van der Waals surface area contributed by atoms with E-state index in [1.807, 2.05) is 6.07 Å². The molecule has 0 spiro atoms. The summed E-state index contributed by atoms with van der Waals surface area (Å²) in [6.07, 6.45) is 12.6. The zero-order valence-corrected chi connectivity index (χ0v) is 17.6. The molecule has 0 amide bonds. The molecule has 4 rings (SSSR count). The van der Waals surface area contributed by atoms with Gasteiger partial charge in [-0.25, -0.2) is 8.78 Å². The van der Waals surface area contributed by atoms with Crippen molar-refractivity contribution in [3.63, 3.8) is 0 Å². The van der Waals surface area contributed by atoms with E-state index in [2.05, 4.69) is 6.08 Å². The predicted octanol–water partition coefficient (Wildman–Crippen LogP) is 7.24. The van der Waals surface area contributed by atoms with Gasteiger partial charge in [0.1, 0.15) is 11.6 Å². The van der Waals surface area contributed by atoms with Gasteiger partial charge in [0, 0.05) is 16.9 Å². The van der Waals surface area contributed by atoms with Gasteiger partial charge in [-0.15, -0.1) is 12.4 Å². The fourth-order valence-corrected chi connectivity index (χ4v) is 4.16. The first-order valence-corrected chi connectivity index (χ1v) is 10.3. The van der Waals surface area contributed by atoms with Crippen LogP contribution in [0.3, 0.4) is 0 Å². The maximum absolute atomic E-state index is 13.6. The van der Waals surface area contributed by atoms with Gasteiger partial charge in [-0.2, -0.15) is 0 Å². The van der Waals surface area contributed by atoms with Crippen molar-refractivity contribution in [1.29, 1.82) is 0 Å². The molecule has 2 aromatic carbocycles. The van der Waals surface area contributed by atoms with Gasteiger partial charge >= 0.3 is 0 Å². The third kappa shape index (κ3) is 6.46. The van der Waals surface area contributed by atoms with Gasteiger partial charge in [0.15, 0.2) is 0 Å². The minimum Gasteiger partial charge on any atom is -0.399 e. The first kappa shape index (κ1) is 23.2. The number of halogens is 3. The molecule has 0 atom stereocenters. The molecule has 0 saturated heterocycles. The van der Waals surface area contributed by atoms with Crippen molar-refractivity contribution in [2.24, 2.45) is 0 Å². The average molecular weight is 421 g/mol. The molecule has 0 aromatic heterocycles. The molecule has 2 nitrogen and oxygen atoms in total. The monoisotopic (exact) mass is 420 g/mol. The van der Waals surface area contributed by atoms with Crippen LogP contribution >= 0.6 is 12.4 Å². The summed E-state index contributed by atoms with van der Waals surface area (Å²) in [5.41, 5.74) is 14.7. The van der Waals surface area contributed by atoms with Gasteiger partial charge in [-0.1, -0.05) is 31.4 Å². The van der Waals surface area contributed by atoms with E-state index in [1.54, 1.807) is 18.2 Å². The van der Waals surface area contributed by atoms with E-state index in [9.17, 15) is 8.78 Å². The number of rotatable bonds is 2. The maximum atomic E-state index is 13.6. The quantitative estimate of drug-likeness (QED) is 0.503. The van der Waals surface area contributed by atoms with Crippen LogP contribution in [0.4, 0.5) is 20.2 Å². The Bertz CT molecular complexity index is 830. The summed E-state index contributed by atoms with van der Waals surface area (Å²) < 4.78 is 27.1. The van der Waals surface area contributed by atoms with Crippen LogP contribution in [0, 0.1) is 11.6 Å². The highest BCUT2D eigenvalue weighted by Crippen LogP contribution is 2.34. The fraction of sp³-hybridized carbons (Fsp3) is 0.417. The third-order valence-corrected chi connectivity index (χ3v) is 5.70. The summed E-state index contributed by atoms with van der Waals surface area (Å²) in [6.45, 7) is 0. The first-order chi connectivity index (χ1) is 13.5. The number of hydrogen-bond donors (Lipinski definition) is 2. The van der Waals surface area contributed by atoms with Crippen molar-refractivity contribution in [3.8, 4) is 0 Å². The van der Waals surface area contributed by atoms with E-state index in [0.717, 1.165) is 48.8 Å². The van der Waals surface area contributed by atoms with Crippen molar-refractivity contribution in [2.75, 3.05) is 11.5 Å². The Morgan fingerprint density at radius 2 is 1.41 bits per heavy atom. The second kappa shape index (κ2) is 11.2. The topological polar surface area (TPSA) is 52.0 Å². The predicted molar refractivity (Wildman–Crippen MR) is 121 cm³/mol. The smallest absolute Gasteiger partial charge is 0.132 e. The summed E-state index contributed by atoms with van der Waals surface area (Å²) in [5, 5.41) is 0. The molecule has 2 aromatic rings. The highest BCUT2D eigenvalue weighted by molar-refractivity contribution is 5.85. The Hall–Kier alpha value is -2.07. The minimum atomic E-state index is -0.196. The van der Waals surface area contributed by atoms with Gasteiger partial charge in [0.05, 0.1) is 0 Å². The Kier molecular flexibility index (Phi) is 8.97. The molecule has 4 N–H and O–H groups in total. The largest absolute Gasteiger partial charge is 0.399 e. The molecule has 0 radical (unpaired) electrons. The Morgan fingerprint density at radius 1 is 0.759 bits per heavy atom. The molecule has 0 heterocycles. The van der Waals surface area contributed by atoms with Gasteiger partial charge in [-0.3, -0.25) is 0 Å². The lowest BCUT2D eigenvalue weighted by Crippen LogP contribution is -2.06. The Labute approximate surface area is 178 Å². The molecule has 0 bridgehead atoms. The number of nitrogen functional groups attached to an aromatic ring is 2. The summed E-state index contributed by atoms with van der Waals surface area (Å²) in [5.74, 6) is 0.0967. The molecule has 2 aliphatic rings. The summed E-state index contributed by atoms with van der Waals surface area (Å²) in [4.78, 5) is 0. The second-order valence-electron chi connectivity index (χ2n) is 7.83. The van der Waals surface area contributed by atoms with E-state index in [-0.39, 0.29) is 24.0 Å². The number of allylic oxidation sites excluding steroid dienone is 2. The molecule has 158 valence electrons. The van der Waals surface area contributed by atoms with Gasteiger partial charge in [0.25, 0.3) is 0 Å². The van der Waals surface area contributed by atoms with Crippen molar-refractivity contribution in [1.82, 2.24) is 0 Å². The van der Waals surface area contributed by atoms with Crippen molar-refractivity contribution in [3.05, 3.63) is 65.2 Å². The van der Waals surface area contributed by atoms with E-state index in [1.165, 1.54) is 37.8 Å². The van der Waals surface area contributed by atoms with Crippen LogP contribution in [-0.4, -0.2) is 0 Å². The number of hydrogen-bond acceptors (Lipinski definition) is 2. The zero-order valence-electron chi connectivity index (χ0n) is 16.8. The van der Waals surface area contributed by atoms with Crippen LogP contribution < -0.4 is 11.5 Å². The van der Waals surface area contributed by atoms with Crippen LogP contribution in [0.1, 0.15) is 74.8 Å². The lowest BCUT2D eigenvalue weighted by molar-refractivity contribution is 0.430. The normalized spacial score (nSPS) is 16.8. The number of nitrogens with two attached hydrogens (primary N) is 2. The average Bonchev–Trinajstić information content (AvgIpc) is 2.70. The highest BCUT2D eigenvalue weighted by Gasteiger charge is 2.18. The van der Waals surface area contributed by atoms with Crippen LogP contribution in [0.25, 0.3) is 5.57 Å². The molecule has 1 fully saturated rings. The van der Waals surface area contributed by atoms with E-state index in [4.69, 9.17) is 11.5 Å². The van der Waals surface area contributed by atoms with Crippen molar-refractivity contribution >= 4 is 29.4 Å². The SMILES string of the molecule is Cl.Nc1ccc(C2=CCCCC2)c(F)c1.Nc1ccc(C2CCCCC2)c(F)c1. The molecular weight excluding hydrogens is 390 g/mol. The summed E-state index contributed by atoms with van der Waals surface area (Å²) in [7, 11) is 0. The van der Waals surface area contributed by atoms with Gasteiger partial charge in [0.2, 0.25) is 0 Å². The summed E-state index contributed by atoms with van der Waals surface area (Å²) in [6, 6.07) is 10.0. The molecule has 0 unspecified atom stereocenters. The van der Waals surface area contributed by atoms with Gasteiger partial charge < -0.3 is 11.5 Å². The van der Waals surface area contributed by atoms with Crippen molar-refractivity contribution in [2.45, 2.75) is 63.7 Å². The Balaban J connectivity index is 0.000000200. The molecule has 0 aliphatic heterocycles. The van der Waals surface area contributed by atoms with Crippen LogP contribution in [0.2, 0.25) is 0 Å². The zero-order chi connectivity index (χ0) is 19.9.